The van der Waals surface area contributed by atoms with Gasteiger partial charge in [-0.05, 0) is 25.7 Å². The maximum atomic E-state index is 10.3. The molecule has 0 aromatic carbocycles. The second kappa shape index (κ2) is 45.8. The first kappa shape index (κ1) is 49.1. The number of aliphatic carboxylic acids is 2. The summed E-state index contributed by atoms with van der Waals surface area (Å²) in [5.41, 5.74) is 0. The van der Waals surface area contributed by atoms with Crippen molar-refractivity contribution in [3.8, 4) is 0 Å². The van der Waals surface area contributed by atoms with Gasteiger partial charge in [0.2, 0.25) is 0 Å². The van der Waals surface area contributed by atoms with Crippen LogP contribution in [0.5, 0.6) is 0 Å². The van der Waals surface area contributed by atoms with E-state index in [0.717, 1.165) is 25.7 Å². The molecule has 0 aromatic rings. The Bertz CT molecular complexity index is 554. The van der Waals surface area contributed by atoms with E-state index in [0.29, 0.717) is 0 Å². The summed E-state index contributed by atoms with van der Waals surface area (Å²) in [5.74, 6) is -1.80. The standard InChI is InChI=1S/C22H44O2.C18H36O2.Ag/c1-2-3-4-5-6-7-8-9-10-11-12-13-14-15-16-17-18-19-20-21-22(23)24;1-2-3-4-5-6-7-8-9-10-11-12-13-14-15-16-17-18(19)20;/h2-21H2,1H3,(H,23,24);2-17H2,1H3,(H,19,20);/q;;+2/p-2. The van der Waals surface area contributed by atoms with E-state index in [4.69, 9.17) is 0 Å². The molecule has 0 heterocycles. The first-order valence-corrected chi connectivity index (χ1v) is 19.9. The molecule has 1 radical (unpaired) electrons. The molecule has 0 N–H and O–H groups in total. The second-order valence-corrected chi connectivity index (χ2v) is 13.6. The number of carbonyl (C=O) groups excluding carboxylic acids is 2. The molecular formula is C40H78AgO4. The Labute approximate surface area is 298 Å². The van der Waals surface area contributed by atoms with E-state index in [2.05, 4.69) is 13.8 Å². The van der Waals surface area contributed by atoms with Crippen molar-refractivity contribution in [2.45, 2.75) is 245 Å². The Balaban J connectivity index is -0.000000779. The summed E-state index contributed by atoms with van der Waals surface area (Å²) in [6.07, 6.45) is 45.6. The molecule has 0 aliphatic rings. The zero-order chi connectivity index (χ0) is 32.6. The predicted octanol–water partition coefficient (Wildman–Crippen LogP) is 11.6. The molecule has 5 heteroatoms. The van der Waals surface area contributed by atoms with Gasteiger partial charge in [-0.1, -0.05) is 219 Å². The van der Waals surface area contributed by atoms with Crippen molar-refractivity contribution < 1.29 is 42.2 Å². The van der Waals surface area contributed by atoms with Crippen LogP contribution in [0.15, 0.2) is 0 Å². The van der Waals surface area contributed by atoms with Crippen LogP contribution in [0.3, 0.4) is 0 Å². The number of unbranched alkanes of at least 4 members (excludes halogenated alkanes) is 32. The van der Waals surface area contributed by atoms with E-state index >= 15 is 0 Å². The fourth-order valence-corrected chi connectivity index (χ4v) is 5.99. The number of carboxylic acids is 2. The predicted molar refractivity (Wildman–Crippen MR) is 188 cm³/mol. The Hall–Kier alpha value is -0.320. The number of hydrogen-bond acceptors (Lipinski definition) is 4. The third-order valence-corrected chi connectivity index (χ3v) is 8.97. The summed E-state index contributed by atoms with van der Waals surface area (Å²) < 4.78 is 0. The first-order valence-electron chi connectivity index (χ1n) is 19.9. The Morgan fingerprint density at radius 2 is 0.422 bits per heavy atom. The van der Waals surface area contributed by atoms with Crippen molar-refractivity contribution in [1.29, 1.82) is 0 Å². The molecule has 0 aliphatic heterocycles. The Kier molecular flexibility index (Phi) is 49.9. The van der Waals surface area contributed by atoms with Crippen molar-refractivity contribution >= 4 is 11.9 Å². The van der Waals surface area contributed by atoms with Crippen LogP contribution in [0, 0.1) is 0 Å². The number of carbonyl (C=O) groups is 2. The zero-order valence-corrected chi connectivity index (χ0v) is 31.9. The van der Waals surface area contributed by atoms with Crippen LogP contribution in [0.2, 0.25) is 0 Å². The van der Waals surface area contributed by atoms with Crippen LogP contribution >= 0.6 is 0 Å². The summed E-state index contributed by atoms with van der Waals surface area (Å²) in [6.45, 7) is 4.55. The van der Waals surface area contributed by atoms with Gasteiger partial charge in [0.25, 0.3) is 0 Å². The molecule has 0 atom stereocenters. The van der Waals surface area contributed by atoms with Gasteiger partial charge in [-0.3, -0.25) is 0 Å². The van der Waals surface area contributed by atoms with E-state index in [1.54, 1.807) is 0 Å². The number of carboxylic acid groups (broad SMARTS) is 2. The molecular weight excluding hydrogens is 652 g/mol. The van der Waals surface area contributed by atoms with Gasteiger partial charge in [0, 0.05) is 11.9 Å². The first-order chi connectivity index (χ1) is 21.5. The van der Waals surface area contributed by atoms with Crippen LogP contribution in [0.1, 0.15) is 245 Å². The van der Waals surface area contributed by atoms with Gasteiger partial charge in [0.05, 0.1) is 0 Å². The van der Waals surface area contributed by atoms with Crippen molar-refractivity contribution in [2.75, 3.05) is 0 Å². The quantitative estimate of drug-likeness (QED) is 0.0475. The van der Waals surface area contributed by atoms with Gasteiger partial charge in [-0.15, -0.1) is 0 Å². The van der Waals surface area contributed by atoms with E-state index < -0.39 is 11.9 Å². The summed E-state index contributed by atoms with van der Waals surface area (Å²) in [7, 11) is 0. The van der Waals surface area contributed by atoms with E-state index in [1.165, 1.54) is 193 Å². The minimum atomic E-state index is -0.903. The summed E-state index contributed by atoms with van der Waals surface area (Å²) >= 11 is 0. The molecule has 0 rings (SSSR count). The van der Waals surface area contributed by atoms with Crippen molar-refractivity contribution in [3.05, 3.63) is 0 Å². The monoisotopic (exact) mass is 729 g/mol. The third-order valence-electron chi connectivity index (χ3n) is 8.97. The molecule has 0 unspecified atom stereocenters. The molecule has 273 valence electrons. The molecule has 0 aromatic heterocycles. The fourth-order valence-electron chi connectivity index (χ4n) is 5.99. The maximum absolute atomic E-state index is 10.3. The van der Waals surface area contributed by atoms with Crippen molar-refractivity contribution in [3.63, 3.8) is 0 Å². The molecule has 0 bridgehead atoms. The van der Waals surface area contributed by atoms with Gasteiger partial charge in [-0.25, -0.2) is 0 Å². The molecule has 0 amide bonds. The van der Waals surface area contributed by atoms with Gasteiger partial charge >= 0.3 is 22.4 Å². The van der Waals surface area contributed by atoms with Gasteiger partial charge in [0.15, 0.2) is 0 Å². The molecule has 0 saturated carbocycles. The van der Waals surface area contributed by atoms with Crippen molar-refractivity contribution in [2.24, 2.45) is 0 Å². The van der Waals surface area contributed by atoms with E-state index in [-0.39, 0.29) is 35.2 Å². The zero-order valence-electron chi connectivity index (χ0n) is 30.4. The Morgan fingerprint density at radius 3 is 0.556 bits per heavy atom. The number of rotatable bonds is 36. The Morgan fingerprint density at radius 1 is 0.289 bits per heavy atom. The molecule has 0 fully saturated rings. The normalized spacial score (nSPS) is 10.7. The topological polar surface area (TPSA) is 80.3 Å². The smallest absolute Gasteiger partial charge is 0.550 e. The van der Waals surface area contributed by atoms with Gasteiger partial charge < -0.3 is 19.8 Å². The average Bonchev–Trinajstić information content (AvgIpc) is 3.00. The van der Waals surface area contributed by atoms with E-state index in [9.17, 15) is 19.8 Å². The molecule has 0 aliphatic carbocycles. The van der Waals surface area contributed by atoms with Crippen LogP contribution in [-0.2, 0) is 32.0 Å². The minimum Gasteiger partial charge on any atom is -0.550 e. The molecule has 0 spiro atoms. The fraction of sp³-hybridized carbons (Fsp3) is 0.950. The largest absolute Gasteiger partial charge is 2.00 e. The summed E-state index contributed by atoms with van der Waals surface area (Å²) in [4.78, 5) is 20.5. The summed E-state index contributed by atoms with van der Waals surface area (Å²) in [5, 5.41) is 20.5. The SMILES string of the molecule is CCCCCCCCCCCCCCCCCC(=O)[O-].CCCCCCCCCCCCCCCCCCCCCC(=O)[O-].[Ag+2]. The van der Waals surface area contributed by atoms with Crippen LogP contribution in [0.4, 0.5) is 0 Å². The average molecular weight is 731 g/mol. The second-order valence-electron chi connectivity index (χ2n) is 13.6. The van der Waals surface area contributed by atoms with Crippen LogP contribution < -0.4 is 10.2 Å². The van der Waals surface area contributed by atoms with E-state index in [1.807, 2.05) is 0 Å². The molecule has 0 saturated heterocycles. The van der Waals surface area contributed by atoms with Gasteiger partial charge in [-0.2, -0.15) is 0 Å². The number of hydrogen-bond donors (Lipinski definition) is 0. The van der Waals surface area contributed by atoms with Crippen LogP contribution in [-0.4, -0.2) is 11.9 Å². The van der Waals surface area contributed by atoms with Gasteiger partial charge in [0.1, 0.15) is 0 Å². The maximum Gasteiger partial charge on any atom is 2.00 e. The minimum absolute atomic E-state index is 0. The van der Waals surface area contributed by atoms with Crippen molar-refractivity contribution in [1.82, 2.24) is 0 Å². The molecule has 45 heavy (non-hydrogen) atoms. The molecule has 4 nitrogen and oxygen atoms in total. The summed E-state index contributed by atoms with van der Waals surface area (Å²) in [6, 6.07) is 0. The third kappa shape index (κ3) is 53.4. The van der Waals surface area contributed by atoms with Crippen LogP contribution in [0.25, 0.3) is 0 Å².